The number of para-hydroxylation sites is 1. The van der Waals surface area contributed by atoms with Crippen LogP contribution in [0.4, 0.5) is 0 Å². The zero-order valence-electron chi connectivity index (χ0n) is 13.5. The molecule has 5 heteroatoms. The van der Waals surface area contributed by atoms with E-state index in [9.17, 15) is 4.79 Å². The van der Waals surface area contributed by atoms with Crippen molar-refractivity contribution in [3.8, 4) is 22.4 Å². The molecule has 0 saturated heterocycles. The molecule has 0 spiro atoms. The first-order valence-electron chi connectivity index (χ1n) is 8.40. The van der Waals surface area contributed by atoms with Gasteiger partial charge < -0.3 is 4.57 Å². The number of hydrogen-bond donors (Lipinski definition) is 2. The summed E-state index contributed by atoms with van der Waals surface area (Å²) in [6, 6.07) is 14.3. The first kappa shape index (κ1) is 14.8. The fourth-order valence-corrected chi connectivity index (χ4v) is 4.42. The fraction of sp³-hybridized carbons (Fsp3) is 0.150. The molecule has 0 unspecified atom stereocenters. The fourth-order valence-electron chi connectivity index (χ4n) is 3.94. The van der Waals surface area contributed by atoms with Gasteiger partial charge in [0.15, 0.2) is 0 Å². The molecule has 4 nitrogen and oxygen atoms in total. The lowest BCUT2D eigenvalue weighted by atomic mass is 9.98. The molecule has 3 heterocycles. The van der Waals surface area contributed by atoms with E-state index in [1.54, 1.807) is 0 Å². The van der Waals surface area contributed by atoms with Gasteiger partial charge in [-0.1, -0.05) is 52.3 Å². The number of aryl methyl sites for hydroxylation is 2. The first-order valence-corrected chi connectivity index (χ1v) is 9.20. The standard InChI is InChI=1S/C20H16BrN3O/c21-16-9-2-1-7-14(16)18-17(20(25)23-22-18)15-11-24-10-4-6-12-5-3-8-13(15)19(12)24/h1-3,5,7-9,11H,4,6,10H2,(H2,22,23,25). The van der Waals surface area contributed by atoms with Crippen molar-refractivity contribution in [1.82, 2.24) is 14.8 Å². The van der Waals surface area contributed by atoms with Gasteiger partial charge in [0.25, 0.3) is 5.56 Å². The third kappa shape index (κ3) is 2.15. The van der Waals surface area contributed by atoms with Gasteiger partial charge in [-0.05, 0) is 24.5 Å². The highest BCUT2D eigenvalue weighted by Gasteiger charge is 2.22. The van der Waals surface area contributed by atoms with Crippen molar-refractivity contribution in [2.75, 3.05) is 0 Å². The van der Waals surface area contributed by atoms with E-state index < -0.39 is 0 Å². The van der Waals surface area contributed by atoms with E-state index in [-0.39, 0.29) is 5.56 Å². The molecule has 2 aromatic carbocycles. The Bertz CT molecular complexity index is 1170. The van der Waals surface area contributed by atoms with E-state index in [1.165, 1.54) is 11.1 Å². The molecule has 2 N–H and O–H groups in total. The molecule has 0 fully saturated rings. The molecule has 0 bridgehead atoms. The Morgan fingerprint density at radius 1 is 1.00 bits per heavy atom. The Morgan fingerprint density at radius 2 is 1.88 bits per heavy atom. The van der Waals surface area contributed by atoms with E-state index in [4.69, 9.17) is 0 Å². The zero-order chi connectivity index (χ0) is 17.0. The van der Waals surface area contributed by atoms with Crippen LogP contribution in [0.15, 0.2) is 57.9 Å². The Labute approximate surface area is 152 Å². The minimum absolute atomic E-state index is 0.0885. The van der Waals surface area contributed by atoms with Crippen molar-refractivity contribution in [3.05, 3.63) is 69.1 Å². The number of rotatable bonds is 2. The molecule has 4 aromatic rings. The third-order valence-corrected chi connectivity index (χ3v) is 5.71. The van der Waals surface area contributed by atoms with Crippen molar-refractivity contribution in [2.24, 2.45) is 0 Å². The number of hydrogen-bond acceptors (Lipinski definition) is 1. The van der Waals surface area contributed by atoms with E-state index in [1.807, 2.05) is 24.3 Å². The van der Waals surface area contributed by atoms with Gasteiger partial charge >= 0.3 is 0 Å². The summed E-state index contributed by atoms with van der Waals surface area (Å²) in [5, 5.41) is 7.00. The normalized spacial score (nSPS) is 13.5. The summed E-state index contributed by atoms with van der Waals surface area (Å²) in [6.07, 6.45) is 4.37. The predicted molar refractivity (Wildman–Crippen MR) is 104 cm³/mol. The highest BCUT2D eigenvalue weighted by Crippen LogP contribution is 2.38. The minimum Gasteiger partial charge on any atom is -0.347 e. The highest BCUT2D eigenvalue weighted by molar-refractivity contribution is 9.10. The molecule has 1 aliphatic heterocycles. The van der Waals surface area contributed by atoms with E-state index in [0.29, 0.717) is 5.56 Å². The molecular weight excluding hydrogens is 378 g/mol. The maximum Gasteiger partial charge on any atom is 0.272 e. The molecule has 5 rings (SSSR count). The summed E-state index contributed by atoms with van der Waals surface area (Å²) < 4.78 is 3.25. The van der Waals surface area contributed by atoms with Crippen molar-refractivity contribution in [1.29, 1.82) is 0 Å². The molecule has 25 heavy (non-hydrogen) atoms. The number of nitrogens with one attached hydrogen (secondary N) is 2. The second-order valence-corrected chi connectivity index (χ2v) is 7.32. The van der Waals surface area contributed by atoms with Gasteiger partial charge in [0.2, 0.25) is 0 Å². The summed E-state index contributed by atoms with van der Waals surface area (Å²) in [7, 11) is 0. The molecule has 0 atom stereocenters. The molecule has 0 aliphatic carbocycles. The molecule has 0 radical (unpaired) electrons. The Morgan fingerprint density at radius 3 is 2.76 bits per heavy atom. The Balaban J connectivity index is 1.84. The molecule has 2 aromatic heterocycles. The van der Waals surface area contributed by atoms with Crippen molar-refractivity contribution < 1.29 is 0 Å². The van der Waals surface area contributed by atoms with Crippen LogP contribution in [0.2, 0.25) is 0 Å². The molecule has 124 valence electrons. The second kappa shape index (κ2) is 5.49. The van der Waals surface area contributed by atoms with Crippen molar-refractivity contribution in [2.45, 2.75) is 19.4 Å². The van der Waals surface area contributed by atoms with Gasteiger partial charge in [-0.2, -0.15) is 0 Å². The van der Waals surface area contributed by atoms with Gasteiger partial charge in [-0.3, -0.25) is 15.0 Å². The molecule has 0 saturated carbocycles. The van der Waals surface area contributed by atoms with E-state index in [0.717, 1.165) is 46.1 Å². The number of aromatic amines is 2. The van der Waals surface area contributed by atoms with Gasteiger partial charge in [0.1, 0.15) is 0 Å². The van der Waals surface area contributed by atoms with Crippen molar-refractivity contribution >= 4 is 26.8 Å². The van der Waals surface area contributed by atoms with Crippen LogP contribution in [0.3, 0.4) is 0 Å². The van der Waals surface area contributed by atoms with Crippen LogP contribution < -0.4 is 5.56 Å². The third-order valence-electron chi connectivity index (χ3n) is 5.02. The van der Waals surface area contributed by atoms with Crippen LogP contribution in [0.1, 0.15) is 12.0 Å². The maximum absolute atomic E-state index is 12.7. The average Bonchev–Trinajstić information content (AvgIpc) is 3.18. The summed E-state index contributed by atoms with van der Waals surface area (Å²) in [5.41, 5.74) is 6.03. The lowest BCUT2D eigenvalue weighted by molar-refractivity contribution is 0.636. The predicted octanol–water partition coefficient (Wildman–Crippen LogP) is 4.70. The highest BCUT2D eigenvalue weighted by atomic mass is 79.9. The maximum atomic E-state index is 12.7. The summed E-state index contributed by atoms with van der Waals surface area (Å²) in [4.78, 5) is 12.7. The Hall–Kier alpha value is -2.53. The van der Waals surface area contributed by atoms with Crippen LogP contribution >= 0.6 is 15.9 Å². The first-order chi connectivity index (χ1) is 12.2. The van der Waals surface area contributed by atoms with E-state index in [2.05, 4.69) is 55.1 Å². The van der Waals surface area contributed by atoms with Gasteiger partial charge in [0, 0.05) is 33.7 Å². The largest absolute Gasteiger partial charge is 0.347 e. The summed E-state index contributed by atoms with van der Waals surface area (Å²) in [5.74, 6) is 0. The van der Waals surface area contributed by atoms with Crippen LogP contribution in [-0.4, -0.2) is 14.8 Å². The second-order valence-electron chi connectivity index (χ2n) is 6.46. The number of benzene rings is 2. The van der Waals surface area contributed by atoms with Crippen LogP contribution in [0.25, 0.3) is 33.3 Å². The van der Waals surface area contributed by atoms with Crippen LogP contribution in [0.5, 0.6) is 0 Å². The number of halogens is 1. The summed E-state index contributed by atoms with van der Waals surface area (Å²) in [6.45, 7) is 1.00. The molecule has 0 amide bonds. The van der Waals surface area contributed by atoms with E-state index >= 15 is 0 Å². The number of nitrogens with zero attached hydrogens (tertiary/aromatic N) is 1. The minimum atomic E-state index is -0.0885. The van der Waals surface area contributed by atoms with Gasteiger partial charge in [-0.25, -0.2) is 0 Å². The Kier molecular flexibility index (Phi) is 3.25. The number of aromatic nitrogens is 3. The SMILES string of the molecule is O=c1[nH][nH]c(-c2ccccc2Br)c1-c1cn2c3c(cccc13)CCC2. The van der Waals surface area contributed by atoms with Gasteiger partial charge in [-0.15, -0.1) is 0 Å². The zero-order valence-corrected chi connectivity index (χ0v) is 15.1. The van der Waals surface area contributed by atoms with Crippen LogP contribution in [0, 0.1) is 0 Å². The number of H-pyrrole nitrogens is 2. The van der Waals surface area contributed by atoms with Gasteiger partial charge in [0.05, 0.1) is 16.8 Å². The average molecular weight is 394 g/mol. The lowest BCUT2D eigenvalue weighted by Gasteiger charge is -2.14. The monoisotopic (exact) mass is 393 g/mol. The molecule has 1 aliphatic rings. The smallest absolute Gasteiger partial charge is 0.272 e. The van der Waals surface area contributed by atoms with Crippen molar-refractivity contribution in [3.63, 3.8) is 0 Å². The topological polar surface area (TPSA) is 53.6 Å². The lowest BCUT2D eigenvalue weighted by Crippen LogP contribution is -2.05. The quantitative estimate of drug-likeness (QED) is 0.509. The summed E-state index contributed by atoms with van der Waals surface area (Å²) >= 11 is 3.60. The van der Waals surface area contributed by atoms with Crippen LogP contribution in [-0.2, 0) is 13.0 Å². The molecular formula is C20H16BrN3O.